The molecule has 0 radical (unpaired) electrons. The number of hydrogen-bond donors (Lipinski definition) is 0. The van der Waals surface area contributed by atoms with E-state index < -0.39 is 16.6 Å². The van der Waals surface area contributed by atoms with Crippen molar-refractivity contribution in [1.29, 1.82) is 0 Å². The summed E-state index contributed by atoms with van der Waals surface area (Å²) in [6.45, 7) is 0. The Morgan fingerprint density at radius 1 is 1.00 bits per heavy atom. The van der Waals surface area contributed by atoms with Crippen molar-refractivity contribution in [3.63, 3.8) is 0 Å². The molecular formula is C12H10O3Ti. The summed E-state index contributed by atoms with van der Waals surface area (Å²) in [7, 11) is 0. The van der Waals surface area contributed by atoms with Gasteiger partial charge < -0.3 is 0 Å². The zero-order chi connectivity index (χ0) is 11.6. The first kappa shape index (κ1) is 11.2. The molecule has 4 heteroatoms. The van der Waals surface area contributed by atoms with Crippen molar-refractivity contribution in [2.24, 2.45) is 0 Å². The quantitative estimate of drug-likeness (QED) is 0.600. The summed E-state index contributed by atoms with van der Waals surface area (Å²) in [4.78, 5) is 33.2. The molecule has 0 spiro atoms. The Morgan fingerprint density at radius 3 is 2.25 bits per heavy atom. The number of carbonyl (C=O) groups is 3. The van der Waals surface area contributed by atoms with Gasteiger partial charge in [0.1, 0.15) is 0 Å². The molecule has 0 aliphatic heterocycles. The van der Waals surface area contributed by atoms with E-state index in [0.29, 0.717) is 13.8 Å². The summed E-state index contributed by atoms with van der Waals surface area (Å²) < 4.78 is 1.54. The van der Waals surface area contributed by atoms with Crippen molar-refractivity contribution in [3.05, 3.63) is 41.5 Å². The predicted molar refractivity (Wildman–Crippen MR) is 58.5 cm³/mol. The van der Waals surface area contributed by atoms with E-state index in [2.05, 4.69) is 0 Å². The predicted octanol–water partition coefficient (Wildman–Crippen LogP) is 1.48. The average Bonchev–Trinajstić information content (AvgIpc) is 2.77. The standard InChI is InChI=1S/C9H7.3CHO.Ti/c1-2-5-9-7-3-6-8(9)4-1;3*1-2;/h1-7H;3*1H;. The van der Waals surface area contributed by atoms with Crippen LogP contribution in [-0.2, 0) is 31.0 Å². The Bertz CT molecular complexity index is 457. The van der Waals surface area contributed by atoms with Gasteiger partial charge in [-0.1, -0.05) is 0 Å². The third-order valence-corrected chi connectivity index (χ3v) is 7.33. The van der Waals surface area contributed by atoms with Gasteiger partial charge in [-0.15, -0.1) is 0 Å². The van der Waals surface area contributed by atoms with Gasteiger partial charge in [-0.3, -0.25) is 0 Å². The zero-order valence-corrected chi connectivity index (χ0v) is 10.1. The molecule has 1 unspecified atom stereocenters. The summed E-state index contributed by atoms with van der Waals surface area (Å²) in [5.41, 5.74) is 1.92. The minimum absolute atomic E-state index is 0.288. The number of rotatable bonds is 4. The van der Waals surface area contributed by atoms with E-state index in [9.17, 15) is 14.4 Å². The molecule has 1 aliphatic carbocycles. The summed E-state index contributed by atoms with van der Waals surface area (Å²) in [6, 6.07) is 7.53. The number of hydrogen-bond acceptors (Lipinski definition) is 3. The summed E-state index contributed by atoms with van der Waals surface area (Å²) in [5.74, 6) is 0. The van der Waals surface area contributed by atoms with Crippen LogP contribution < -0.4 is 0 Å². The van der Waals surface area contributed by atoms with Gasteiger partial charge in [0, 0.05) is 0 Å². The van der Waals surface area contributed by atoms with Gasteiger partial charge in [-0.05, 0) is 0 Å². The molecule has 0 aromatic heterocycles. The molecule has 0 saturated carbocycles. The van der Waals surface area contributed by atoms with Crippen molar-refractivity contribution in [3.8, 4) is 0 Å². The molecule has 3 nitrogen and oxygen atoms in total. The van der Waals surface area contributed by atoms with Gasteiger partial charge in [-0.2, -0.15) is 0 Å². The summed E-state index contributed by atoms with van der Waals surface area (Å²) >= 11 is -3.72. The average molecular weight is 250 g/mol. The van der Waals surface area contributed by atoms with E-state index in [0.717, 1.165) is 11.1 Å². The van der Waals surface area contributed by atoms with Crippen LogP contribution in [0.2, 0.25) is 0 Å². The van der Waals surface area contributed by atoms with E-state index in [1.807, 2.05) is 36.4 Å². The maximum atomic E-state index is 11.1. The number of allylic oxidation sites excluding steroid dienone is 1. The number of carbonyl (C=O) groups excluding carboxylic acids is 3. The Kier molecular flexibility index (Phi) is 2.99. The minimum atomic E-state index is -3.72. The van der Waals surface area contributed by atoms with Gasteiger partial charge in [0.15, 0.2) is 0 Å². The van der Waals surface area contributed by atoms with Gasteiger partial charge in [0.05, 0.1) is 0 Å². The molecule has 16 heavy (non-hydrogen) atoms. The van der Waals surface area contributed by atoms with E-state index in [-0.39, 0.29) is 4.22 Å². The fourth-order valence-corrected chi connectivity index (χ4v) is 4.86. The van der Waals surface area contributed by atoms with E-state index in [4.69, 9.17) is 0 Å². The molecule has 2 rings (SSSR count). The van der Waals surface area contributed by atoms with Crippen LogP contribution in [-0.4, -0.2) is 13.8 Å². The number of benzene rings is 1. The van der Waals surface area contributed by atoms with Crippen molar-refractivity contribution >= 4 is 19.8 Å². The molecule has 1 aromatic carbocycles. The molecule has 80 valence electrons. The second kappa shape index (κ2) is 4.28. The molecule has 0 fully saturated rings. The molecule has 0 N–H and O–H groups in total. The second-order valence-electron chi connectivity index (χ2n) is 3.82. The maximum absolute atomic E-state index is 11.1. The molecule has 1 atom stereocenters. The first-order valence-corrected chi connectivity index (χ1v) is 8.54. The third kappa shape index (κ3) is 1.53. The van der Waals surface area contributed by atoms with Crippen LogP contribution in [0.3, 0.4) is 0 Å². The second-order valence-corrected chi connectivity index (χ2v) is 9.02. The van der Waals surface area contributed by atoms with Crippen molar-refractivity contribution in [2.45, 2.75) is 4.22 Å². The summed E-state index contributed by atoms with van der Waals surface area (Å²) in [6.07, 6.45) is 3.68. The summed E-state index contributed by atoms with van der Waals surface area (Å²) in [5, 5.41) is 0. The van der Waals surface area contributed by atoms with E-state index in [1.54, 1.807) is 0 Å². The molecule has 1 aliphatic rings. The Morgan fingerprint density at radius 2 is 1.62 bits per heavy atom. The Hall–Kier alpha value is -1.32. The van der Waals surface area contributed by atoms with Crippen LogP contribution in [0.15, 0.2) is 30.3 Å². The molecule has 0 bridgehead atoms. The van der Waals surface area contributed by atoms with E-state index in [1.165, 1.54) is 0 Å². The monoisotopic (exact) mass is 250 g/mol. The normalized spacial score (nSPS) is 17.9. The van der Waals surface area contributed by atoms with Gasteiger partial charge in [0.25, 0.3) is 0 Å². The van der Waals surface area contributed by atoms with Crippen molar-refractivity contribution in [2.75, 3.05) is 0 Å². The molecule has 0 amide bonds. The molecular weight excluding hydrogens is 240 g/mol. The van der Waals surface area contributed by atoms with Crippen molar-refractivity contribution < 1.29 is 31.0 Å². The topological polar surface area (TPSA) is 51.2 Å². The van der Waals surface area contributed by atoms with E-state index >= 15 is 0 Å². The Balaban J connectivity index is 2.52. The molecule has 1 aromatic rings. The third-order valence-electron chi connectivity index (χ3n) is 2.95. The SMILES string of the molecule is O=[CH][Ti]([CH]=O)([CH]=O)[CH]1C=Cc2ccccc21. The molecule has 0 saturated heterocycles. The van der Waals surface area contributed by atoms with Crippen LogP contribution in [0.5, 0.6) is 0 Å². The first-order valence-electron chi connectivity index (χ1n) is 4.93. The van der Waals surface area contributed by atoms with Crippen LogP contribution in [0.25, 0.3) is 6.08 Å². The van der Waals surface area contributed by atoms with Gasteiger partial charge in [0.2, 0.25) is 0 Å². The Labute approximate surface area is 96.5 Å². The fourth-order valence-electron chi connectivity index (χ4n) is 1.99. The molecule has 0 heterocycles. The number of fused-ring (bicyclic) bond motifs is 1. The van der Waals surface area contributed by atoms with Crippen molar-refractivity contribution in [1.82, 2.24) is 0 Å². The van der Waals surface area contributed by atoms with Gasteiger partial charge in [-0.25, -0.2) is 0 Å². The van der Waals surface area contributed by atoms with Crippen LogP contribution in [0, 0.1) is 0 Å². The fraction of sp³-hybridized carbons (Fsp3) is 0.0833. The van der Waals surface area contributed by atoms with Crippen LogP contribution in [0.1, 0.15) is 15.3 Å². The zero-order valence-electron chi connectivity index (χ0n) is 8.50. The first-order chi connectivity index (χ1) is 7.77. The van der Waals surface area contributed by atoms with Crippen LogP contribution in [0.4, 0.5) is 0 Å². The van der Waals surface area contributed by atoms with Crippen LogP contribution >= 0.6 is 0 Å². The van der Waals surface area contributed by atoms with Gasteiger partial charge >= 0.3 is 96.5 Å².